The van der Waals surface area contributed by atoms with Crippen LogP contribution < -0.4 is 4.72 Å². The monoisotopic (exact) mass is 371 g/mol. The van der Waals surface area contributed by atoms with E-state index in [9.17, 15) is 17.7 Å². The fourth-order valence-corrected chi connectivity index (χ4v) is 2.73. The summed E-state index contributed by atoms with van der Waals surface area (Å²) in [5.74, 6) is -0.979. The molecule has 0 fully saturated rings. The van der Waals surface area contributed by atoms with Crippen LogP contribution in [0.15, 0.2) is 16.6 Å². The summed E-state index contributed by atoms with van der Waals surface area (Å²) in [5, 5.41) is 0. The van der Waals surface area contributed by atoms with Crippen LogP contribution in [0.4, 0.5) is 13.2 Å². The average Bonchev–Trinajstić information content (AvgIpc) is 2.30. The van der Waals surface area contributed by atoms with Gasteiger partial charge in [-0.2, -0.15) is 0 Å². The van der Waals surface area contributed by atoms with Crippen LogP contribution in [0.3, 0.4) is 0 Å². The Balaban J connectivity index is 3.11. The molecule has 1 aromatic rings. The zero-order valence-electron chi connectivity index (χ0n) is 11.6. The summed E-state index contributed by atoms with van der Waals surface area (Å²) in [6.07, 6.45) is -2.94. The van der Waals surface area contributed by atoms with Gasteiger partial charge in [0.2, 0.25) is 0 Å². The molecule has 114 valence electrons. The van der Waals surface area contributed by atoms with Crippen LogP contribution >= 0.6 is 15.9 Å². The standard InChI is InChI=1S/C13H17BrF3NOS/c1-7(18-20(19)13(2,3)4)8-5-6-9(14)11(15)10(8)12(16)17/h5-7,12,18H,1-4H3/t7-,20+/m1/s1. The Morgan fingerprint density at radius 1 is 1.30 bits per heavy atom. The lowest BCUT2D eigenvalue weighted by Crippen LogP contribution is -2.40. The molecule has 0 unspecified atom stereocenters. The van der Waals surface area contributed by atoms with Crippen LogP contribution in [-0.4, -0.2) is 9.30 Å². The fraction of sp³-hybridized carbons (Fsp3) is 0.538. The highest BCUT2D eigenvalue weighted by Crippen LogP contribution is 2.34. The summed E-state index contributed by atoms with van der Waals surface area (Å²) in [6.45, 7) is 6.87. The van der Waals surface area contributed by atoms with Crippen molar-refractivity contribution in [3.63, 3.8) is 0 Å². The van der Waals surface area contributed by atoms with Crippen LogP contribution in [-0.2, 0) is 11.4 Å². The Hall–Kier alpha value is -0.240. The van der Waals surface area contributed by atoms with Crippen LogP contribution in [0.25, 0.3) is 0 Å². The maximum atomic E-state index is 13.8. The summed E-state index contributed by atoms with van der Waals surface area (Å²) in [6, 6.07) is 2.13. The van der Waals surface area contributed by atoms with E-state index < -0.39 is 40.0 Å². The van der Waals surface area contributed by atoms with E-state index in [1.54, 1.807) is 27.7 Å². The molecule has 1 rings (SSSR count). The smallest absolute Gasteiger partial charge is 0.267 e. The minimum absolute atomic E-state index is 0.0132. The minimum Gasteiger partial charge on any atom is -0.598 e. The van der Waals surface area contributed by atoms with E-state index in [0.717, 1.165) is 0 Å². The molecule has 7 heteroatoms. The molecular formula is C13H17BrF3NOS. The second-order valence-corrected chi connectivity index (χ2v) is 8.24. The number of alkyl halides is 2. The molecule has 2 atom stereocenters. The van der Waals surface area contributed by atoms with Gasteiger partial charge in [-0.1, -0.05) is 6.07 Å². The Kier molecular flexibility index (Phi) is 5.95. The first-order chi connectivity index (χ1) is 9.05. The van der Waals surface area contributed by atoms with Crippen molar-refractivity contribution in [3.05, 3.63) is 33.5 Å². The second kappa shape index (κ2) is 6.68. The van der Waals surface area contributed by atoms with Crippen molar-refractivity contribution in [3.8, 4) is 0 Å². The van der Waals surface area contributed by atoms with Crippen LogP contribution in [0, 0.1) is 5.82 Å². The van der Waals surface area contributed by atoms with Gasteiger partial charge in [-0.25, -0.2) is 13.2 Å². The quantitative estimate of drug-likeness (QED) is 0.782. The van der Waals surface area contributed by atoms with Gasteiger partial charge in [0.15, 0.2) is 0 Å². The Morgan fingerprint density at radius 3 is 2.30 bits per heavy atom. The minimum atomic E-state index is -2.94. The fourth-order valence-electron chi connectivity index (χ4n) is 1.58. The lowest BCUT2D eigenvalue weighted by molar-refractivity contribution is 0.144. The van der Waals surface area contributed by atoms with Crippen molar-refractivity contribution in [2.75, 3.05) is 0 Å². The molecule has 0 radical (unpaired) electrons. The molecule has 0 bridgehead atoms. The normalized spacial score (nSPS) is 15.5. The van der Waals surface area contributed by atoms with E-state index in [1.165, 1.54) is 12.1 Å². The molecular weight excluding hydrogens is 355 g/mol. The number of hydrogen-bond acceptors (Lipinski definition) is 2. The first-order valence-electron chi connectivity index (χ1n) is 5.99. The third-order valence-corrected chi connectivity index (χ3v) is 4.98. The van der Waals surface area contributed by atoms with E-state index in [4.69, 9.17) is 0 Å². The molecule has 0 amide bonds. The van der Waals surface area contributed by atoms with Crippen molar-refractivity contribution in [2.24, 2.45) is 0 Å². The lowest BCUT2D eigenvalue weighted by Gasteiger charge is -2.27. The molecule has 0 aliphatic heterocycles. The molecule has 1 N–H and O–H groups in total. The van der Waals surface area contributed by atoms with E-state index in [1.807, 2.05) is 0 Å². The topological polar surface area (TPSA) is 35.1 Å². The van der Waals surface area contributed by atoms with E-state index in [2.05, 4.69) is 20.7 Å². The molecule has 1 aromatic carbocycles. The van der Waals surface area contributed by atoms with Gasteiger partial charge in [0.1, 0.15) is 10.6 Å². The zero-order chi connectivity index (χ0) is 15.7. The van der Waals surface area contributed by atoms with Crippen molar-refractivity contribution in [2.45, 2.75) is 44.9 Å². The summed E-state index contributed by atoms with van der Waals surface area (Å²) in [4.78, 5) is 0. The van der Waals surface area contributed by atoms with E-state index in [-0.39, 0.29) is 10.0 Å². The first-order valence-corrected chi connectivity index (χ1v) is 7.94. The molecule has 0 heterocycles. The molecule has 0 saturated carbocycles. The number of benzene rings is 1. The van der Waals surface area contributed by atoms with Crippen LogP contribution in [0.2, 0.25) is 0 Å². The highest BCUT2D eigenvalue weighted by atomic mass is 79.9. The maximum Gasteiger partial charge on any atom is 0.267 e. The largest absolute Gasteiger partial charge is 0.598 e. The Bertz CT molecular complexity index is 479. The van der Waals surface area contributed by atoms with Crippen LogP contribution in [0.5, 0.6) is 0 Å². The molecule has 2 nitrogen and oxygen atoms in total. The van der Waals surface area contributed by atoms with Crippen molar-refractivity contribution < 1.29 is 17.7 Å². The molecule has 0 aliphatic carbocycles. The van der Waals surface area contributed by atoms with Gasteiger partial charge in [0.25, 0.3) is 6.43 Å². The first kappa shape index (κ1) is 17.8. The van der Waals surface area contributed by atoms with Gasteiger partial charge in [-0.15, -0.1) is 4.72 Å². The zero-order valence-corrected chi connectivity index (χ0v) is 14.0. The average molecular weight is 372 g/mol. The van der Waals surface area contributed by atoms with Gasteiger partial charge < -0.3 is 4.55 Å². The maximum absolute atomic E-state index is 13.8. The third kappa shape index (κ3) is 4.13. The highest BCUT2D eigenvalue weighted by molar-refractivity contribution is 9.10. The van der Waals surface area contributed by atoms with Crippen molar-refractivity contribution in [1.29, 1.82) is 0 Å². The summed E-state index contributed by atoms with van der Waals surface area (Å²) in [5.41, 5.74) is -0.552. The van der Waals surface area contributed by atoms with Crippen molar-refractivity contribution in [1.82, 2.24) is 4.72 Å². The Labute approximate surface area is 128 Å². The van der Waals surface area contributed by atoms with E-state index in [0.29, 0.717) is 0 Å². The second-order valence-electron chi connectivity index (χ2n) is 5.39. The van der Waals surface area contributed by atoms with Gasteiger partial charge in [0, 0.05) is 11.4 Å². The predicted molar refractivity (Wildman–Crippen MR) is 78.5 cm³/mol. The highest BCUT2D eigenvalue weighted by Gasteiger charge is 2.31. The SMILES string of the molecule is C[C@@H](N[S@@+]([O-])C(C)(C)C)c1ccc(Br)c(F)c1C(F)F. The predicted octanol–water partition coefficient (Wildman–Crippen LogP) is 4.64. The van der Waals surface area contributed by atoms with E-state index >= 15 is 0 Å². The van der Waals surface area contributed by atoms with Crippen LogP contribution in [0.1, 0.15) is 51.3 Å². The summed E-state index contributed by atoms with van der Waals surface area (Å²) < 4.78 is 54.1. The van der Waals surface area contributed by atoms with Gasteiger partial charge in [0.05, 0.1) is 16.1 Å². The van der Waals surface area contributed by atoms with Gasteiger partial charge in [-0.3, -0.25) is 0 Å². The summed E-state index contributed by atoms with van der Waals surface area (Å²) >= 11 is 1.46. The number of rotatable bonds is 4. The van der Waals surface area contributed by atoms with Gasteiger partial charge >= 0.3 is 0 Å². The number of halogens is 4. The molecule has 0 saturated heterocycles. The lowest BCUT2D eigenvalue weighted by atomic mass is 10.0. The van der Waals surface area contributed by atoms with Gasteiger partial charge in [-0.05, 0) is 55.3 Å². The molecule has 20 heavy (non-hydrogen) atoms. The number of nitrogens with one attached hydrogen (secondary N) is 1. The summed E-state index contributed by atoms with van der Waals surface area (Å²) in [7, 11) is 0. The molecule has 0 spiro atoms. The Morgan fingerprint density at radius 2 is 1.85 bits per heavy atom. The van der Waals surface area contributed by atoms with Crippen molar-refractivity contribution >= 4 is 27.3 Å². The molecule has 0 aliphatic rings. The third-order valence-electron chi connectivity index (χ3n) is 2.69. The number of hydrogen-bond donors (Lipinski definition) is 1. The molecule has 0 aromatic heterocycles.